The van der Waals surface area contributed by atoms with Crippen molar-refractivity contribution in [3.05, 3.63) is 24.3 Å². The van der Waals surface area contributed by atoms with Gasteiger partial charge in [0, 0.05) is 19.3 Å². The number of allylic oxidation sites excluding steroid dienone is 4. The number of esters is 3. The number of hydrogen-bond donors (Lipinski definition) is 0. The summed E-state index contributed by atoms with van der Waals surface area (Å²) < 4.78 is 17.0. The van der Waals surface area contributed by atoms with Crippen LogP contribution in [-0.4, -0.2) is 37.2 Å². The van der Waals surface area contributed by atoms with Crippen molar-refractivity contribution in [3.8, 4) is 0 Å². The smallest absolute Gasteiger partial charge is 0.306 e. The molecule has 0 N–H and O–H groups in total. The molecule has 0 aromatic carbocycles. The Balaban J connectivity index is 4.03. The molecule has 0 bridgehead atoms. The monoisotopic (exact) mass is 1170 g/mol. The van der Waals surface area contributed by atoms with Crippen LogP contribution in [0.1, 0.15) is 432 Å². The van der Waals surface area contributed by atoms with E-state index in [1.807, 2.05) is 0 Å². The van der Waals surface area contributed by atoms with Crippen molar-refractivity contribution in [2.24, 2.45) is 0 Å². The third-order valence-electron chi connectivity index (χ3n) is 17.5. The first-order chi connectivity index (χ1) is 41.0. The first kappa shape index (κ1) is 80.9. The molecule has 6 nitrogen and oxygen atoms in total. The van der Waals surface area contributed by atoms with Crippen LogP contribution in [0.25, 0.3) is 0 Å². The maximum atomic E-state index is 12.9. The second-order valence-corrected chi connectivity index (χ2v) is 25.9. The van der Waals surface area contributed by atoms with E-state index in [0.29, 0.717) is 19.3 Å². The predicted octanol–water partition coefficient (Wildman–Crippen LogP) is 26.1. The van der Waals surface area contributed by atoms with E-state index in [2.05, 4.69) is 45.1 Å². The minimum Gasteiger partial charge on any atom is -0.462 e. The van der Waals surface area contributed by atoms with Crippen molar-refractivity contribution >= 4 is 17.9 Å². The highest BCUT2D eigenvalue weighted by atomic mass is 16.6. The van der Waals surface area contributed by atoms with Crippen molar-refractivity contribution in [1.29, 1.82) is 0 Å². The lowest BCUT2D eigenvalue weighted by Gasteiger charge is -2.18. The Morgan fingerprint density at radius 2 is 0.434 bits per heavy atom. The molecule has 1 atom stereocenters. The Morgan fingerprint density at radius 1 is 0.241 bits per heavy atom. The molecule has 0 rings (SSSR count). The van der Waals surface area contributed by atoms with Crippen LogP contribution in [0.15, 0.2) is 24.3 Å². The highest BCUT2D eigenvalue weighted by Crippen LogP contribution is 2.19. The summed E-state index contributed by atoms with van der Waals surface area (Å²) in [6.07, 6.45) is 89.7. The minimum atomic E-state index is -0.770. The van der Waals surface area contributed by atoms with Crippen molar-refractivity contribution in [3.63, 3.8) is 0 Å². The molecular weight excluding hydrogens is 1020 g/mol. The molecule has 0 spiro atoms. The molecule has 83 heavy (non-hydrogen) atoms. The van der Waals surface area contributed by atoms with Gasteiger partial charge < -0.3 is 14.2 Å². The molecule has 0 amide bonds. The van der Waals surface area contributed by atoms with Gasteiger partial charge in [-0.25, -0.2) is 0 Å². The number of ether oxygens (including phenoxy) is 3. The summed E-state index contributed by atoms with van der Waals surface area (Å²) in [5.41, 5.74) is 0. The van der Waals surface area contributed by atoms with E-state index in [4.69, 9.17) is 14.2 Å². The maximum absolute atomic E-state index is 12.9. The van der Waals surface area contributed by atoms with Gasteiger partial charge in [-0.05, 0) is 51.4 Å². The average molecular weight is 1170 g/mol. The third-order valence-corrected chi connectivity index (χ3v) is 17.5. The molecule has 6 heteroatoms. The molecule has 0 fully saturated rings. The van der Waals surface area contributed by atoms with E-state index in [0.717, 1.165) is 64.2 Å². The Hall–Kier alpha value is -2.11. The summed E-state index contributed by atoms with van der Waals surface area (Å²) in [5.74, 6) is -0.842. The second-order valence-electron chi connectivity index (χ2n) is 25.9. The SMILES string of the molecule is CCCCCCC/C=C\C/C=C\CCCCCCCCCCCC(=O)OC(COC(=O)CCCCCCCCCCCC)COC(=O)CCCCCCCCCCCCCCCCCCCCCCCCCCCCCCCCCCCC. The molecule has 0 aliphatic rings. The second kappa shape index (κ2) is 72.4. The molecule has 0 aliphatic carbocycles. The van der Waals surface area contributed by atoms with Gasteiger partial charge >= 0.3 is 17.9 Å². The van der Waals surface area contributed by atoms with Crippen molar-refractivity contribution in [2.45, 2.75) is 438 Å². The fraction of sp³-hybridized carbons (Fsp3) is 0.909. The minimum absolute atomic E-state index is 0.0667. The quantitative estimate of drug-likeness (QED) is 0.0261. The van der Waals surface area contributed by atoms with Gasteiger partial charge in [-0.1, -0.05) is 385 Å². The van der Waals surface area contributed by atoms with Crippen LogP contribution in [0.4, 0.5) is 0 Å². The molecule has 1 unspecified atom stereocenters. The Labute approximate surface area is 519 Å². The van der Waals surface area contributed by atoms with Crippen molar-refractivity contribution < 1.29 is 28.6 Å². The van der Waals surface area contributed by atoms with Crippen LogP contribution in [0.2, 0.25) is 0 Å². The zero-order valence-electron chi connectivity index (χ0n) is 56.5. The predicted molar refractivity (Wildman–Crippen MR) is 363 cm³/mol. The molecule has 0 aliphatic heterocycles. The van der Waals surface area contributed by atoms with E-state index in [1.165, 1.54) is 327 Å². The third kappa shape index (κ3) is 70.5. The van der Waals surface area contributed by atoms with Gasteiger partial charge in [0.1, 0.15) is 13.2 Å². The van der Waals surface area contributed by atoms with E-state index in [9.17, 15) is 14.4 Å². The number of carbonyl (C=O) groups is 3. The fourth-order valence-corrected chi connectivity index (χ4v) is 11.8. The van der Waals surface area contributed by atoms with Crippen LogP contribution in [0, 0.1) is 0 Å². The van der Waals surface area contributed by atoms with Crippen LogP contribution >= 0.6 is 0 Å². The normalized spacial score (nSPS) is 12.1. The summed E-state index contributed by atoms with van der Waals surface area (Å²) >= 11 is 0. The average Bonchev–Trinajstić information content (AvgIpc) is 3.49. The fourth-order valence-electron chi connectivity index (χ4n) is 11.8. The van der Waals surface area contributed by atoms with E-state index < -0.39 is 6.10 Å². The Kier molecular flexibility index (Phi) is 70.5. The first-order valence-corrected chi connectivity index (χ1v) is 37.8. The lowest BCUT2D eigenvalue weighted by Crippen LogP contribution is -2.30. The molecule has 0 aromatic rings. The summed E-state index contributed by atoms with van der Waals surface area (Å²) in [6, 6.07) is 0. The van der Waals surface area contributed by atoms with Gasteiger partial charge in [-0.2, -0.15) is 0 Å². The highest BCUT2D eigenvalue weighted by Gasteiger charge is 2.20. The first-order valence-electron chi connectivity index (χ1n) is 37.8. The summed E-state index contributed by atoms with van der Waals surface area (Å²) in [7, 11) is 0. The lowest BCUT2D eigenvalue weighted by atomic mass is 10.0. The molecule has 0 radical (unpaired) electrons. The van der Waals surface area contributed by atoms with Gasteiger partial charge in [-0.3, -0.25) is 14.4 Å². The number of carbonyl (C=O) groups excluding carboxylic acids is 3. The highest BCUT2D eigenvalue weighted by molar-refractivity contribution is 5.71. The van der Waals surface area contributed by atoms with Crippen molar-refractivity contribution in [1.82, 2.24) is 0 Å². The lowest BCUT2D eigenvalue weighted by molar-refractivity contribution is -0.167. The summed E-state index contributed by atoms with van der Waals surface area (Å²) in [6.45, 7) is 6.70. The molecular formula is C77H146O6. The van der Waals surface area contributed by atoms with Gasteiger partial charge in [0.25, 0.3) is 0 Å². The molecule has 0 saturated carbocycles. The topological polar surface area (TPSA) is 78.9 Å². The van der Waals surface area contributed by atoms with Crippen LogP contribution < -0.4 is 0 Å². The standard InChI is InChI=1S/C77H146O6/c1-4-7-10-13-16-19-22-24-26-28-30-32-33-34-35-36-37-38-39-40-41-42-43-44-46-47-49-51-53-55-58-61-64-67-70-76(79)82-73-74(72-81-75(78)69-66-63-60-57-21-18-15-12-9-6-3)83-77(80)71-68-65-62-59-56-54-52-50-48-45-31-29-27-25-23-20-17-14-11-8-5-2/h23,25,29,31,74H,4-22,24,26-28,30,32-73H2,1-3H3/b25-23-,31-29-. The van der Waals surface area contributed by atoms with Crippen LogP contribution in [-0.2, 0) is 28.6 Å². The maximum Gasteiger partial charge on any atom is 0.306 e. The summed E-state index contributed by atoms with van der Waals surface area (Å²) in [4.78, 5) is 38.4. The van der Waals surface area contributed by atoms with E-state index >= 15 is 0 Å². The van der Waals surface area contributed by atoms with Crippen LogP contribution in [0.5, 0.6) is 0 Å². The zero-order chi connectivity index (χ0) is 59.9. The number of rotatable bonds is 71. The van der Waals surface area contributed by atoms with Crippen molar-refractivity contribution in [2.75, 3.05) is 13.2 Å². The van der Waals surface area contributed by atoms with Gasteiger partial charge in [0.05, 0.1) is 0 Å². The van der Waals surface area contributed by atoms with Gasteiger partial charge in [0.15, 0.2) is 6.10 Å². The molecule has 0 saturated heterocycles. The Bertz CT molecular complexity index is 1340. The molecule has 0 aromatic heterocycles. The van der Waals surface area contributed by atoms with E-state index in [-0.39, 0.29) is 31.1 Å². The van der Waals surface area contributed by atoms with Crippen LogP contribution in [0.3, 0.4) is 0 Å². The Morgan fingerprint density at radius 3 is 0.663 bits per heavy atom. The molecule has 490 valence electrons. The summed E-state index contributed by atoms with van der Waals surface area (Å²) in [5, 5.41) is 0. The number of hydrogen-bond acceptors (Lipinski definition) is 6. The van der Waals surface area contributed by atoms with Gasteiger partial charge in [-0.15, -0.1) is 0 Å². The largest absolute Gasteiger partial charge is 0.462 e. The van der Waals surface area contributed by atoms with E-state index in [1.54, 1.807) is 0 Å². The van der Waals surface area contributed by atoms with Gasteiger partial charge in [0.2, 0.25) is 0 Å². The zero-order valence-corrected chi connectivity index (χ0v) is 56.5. The molecule has 0 heterocycles. The number of unbranched alkanes of at least 4 members (excludes halogenated alkanes) is 56.